The van der Waals surface area contributed by atoms with Crippen LogP contribution in [0.1, 0.15) is 12.5 Å². The molecule has 1 aromatic carbocycles. The Morgan fingerprint density at radius 3 is 3.00 bits per heavy atom. The Labute approximate surface area is 88.5 Å². The van der Waals surface area contributed by atoms with Crippen LogP contribution < -0.4 is 5.32 Å². The highest BCUT2D eigenvalue weighted by molar-refractivity contribution is 5.79. The molecule has 0 fully saturated rings. The van der Waals surface area contributed by atoms with Gasteiger partial charge in [0.2, 0.25) is 5.91 Å². The molecule has 1 atom stereocenters. The lowest BCUT2D eigenvalue weighted by Crippen LogP contribution is -2.32. The van der Waals surface area contributed by atoms with Crippen molar-refractivity contribution in [1.29, 1.82) is 0 Å². The lowest BCUT2D eigenvalue weighted by atomic mass is 10.1. The molecule has 2 nitrogen and oxygen atoms in total. The second-order valence-electron chi connectivity index (χ2n) is 3.26. The lowest BCUT2D eigenvalue weighted by molar-refractivity contribution is -0.120. The van der Waals surface area contributed by atoms with Gasteiger partial charge in [-0.15, -0.1) is 6.42 Å². The van der Waals surface area contributed by atoms with Gasteiger partial charge in [-0.05, 0) is 24.6 Å². The molecule has 0 bridgehead atoms. The van der Waals surface area contributed by atoms with Crippen molar-refractivity contribution in [2.24, 2.45) is 0 Å². The minimum absolute atomic E-state index is 0.143. The van der Waals surface area contributed by atoms with Crippen LogP contribution in [0.5, 0.6) is 0 Å². The summed E-state index contributed by atoms with van der Waals surface area (Å²) in [6.45, 7) is 1.71. The first-order chi connectivity index (χ1) is 7.11. The van der Waals surface area contributed by atoms with Gasteiger partial charge < -0.3 is 5.32 Å². The summed E-state index contributed by atoms with van der Waals surface area (Å²) in [5, 5.41) is 2.60. The lowest BCUT2D eigenvalue weighted by Gasteiger charge is -2.07. The molecule has 1 aromatic rings. The Morgan fingerprint density at radius 1 is 1.67 bits per heavy atom. The van der Waals surface area contributed by atoms with Crippen molar-refractivity contribution < 1.29 is 9.18 Å². The van der Waals surface area contributed by atoms with Gasteiger partial charge in [0.05, 0.1) is 12.5 Å². The van der Waals surface area contributed by atoms with E-state index in [1.54, 1.807) is 19.1 Å². The van der Waals surface area contributed by atoms with Crippen LogP contribution in [-0.4, -0.2) is 11.9 Å². The van der Waals surface area contributed by atoms with Gasteiger partial charge in [-0.3, -0.25) is 4.79 Å². The molecule has 3 heteroatoms. The van der Waals surface area contributed by atoms with Crippen molar-refractivity contribution >= 4 is 5.91 Å². The maximum absolute atomic E-state index is 12.8. The van der Waals surface area contributed by atoms with E-state index in [1.165, 1.54) is 12.1 Å². The van der Waals surface area contributed by atoms with Crippen molar-refractivity contribution in [3.8, 4) is 12.3 Å². The molecule has 0 radical (unpaired) electrons. The van der Waals surface area contributed by atoms with E-state index in [0.717, 1.165) is 0 Å². The van der Waals surface area contributed by atoms with Gasteiger partial charge >= 0.3 is 0 Å². The van der Waals surface area contributed by atoms with Gasteiger partial charge in [-0.1, -0.05) is 18.1 Å². The number of rotatable bonds is 3. The topological polar surface area (TPSA) is 29.1 Å². The van der Waals surface area contributed by atoms with Crippen molar-refractivity contribution in [2.45, 2.75) is 19.4 Å². The third-order valence-electron chi connectivity index (χ3n) is 1.88. The van der Waals surface area contributed by atoms with Crippen molar-refractivity contribution in [3.63, 3.8) is 0 Å². The monoisotopic (exact) mass is 205 g/mol. The molecule has 0 aliphatic carbocycles. The Morgan fingerprint density at radius 2 is 2.40 bits per heavy atom. The van der Waals surface area contributed by atoms with Gasteiger partial charge in [-0.2, -0.15) is 0 Å². The summed E-state index contributed by atoms with van der Waals surface area (Å²) in [6.07, 6.45) is 5.26. The van der Waals surface area contributed by atoms with E-state index >= 15 is 0 Å². The van der Waals surface area contributed by atoms with Gasteiger partial charge in [0.15, 0.2) is 0 Å². The maximum atomic E-state index is 12.8. The highest BCUT2D eigenvalue weighted by atomic mass is 19.1. The average molecular weight is 205 g/mol. The summed E-state index contributed by atoms with van der Waals surface area (Å²) < 4.78 is 12.8. The van der Waals surface area contributed by atoms with Crippen molar-refractivity contribution in [1.82, 2.24) is 5.32 Å². The largest absolute Gasteiger partial charge is 0.342 e. The SMILES string of the molecule is C#CC(C)NC(=O)Cc1cccc(F)c1. The van der Waals surface area contributed by atoms with E-state index in [2.05, 4.69) is 11.2 Å². The highest BCUT2D eigenvalue weighted by Gasteiger charge is 2.06. The second kappa shape index (κ2) is 5.16. The molecule has 78 valence electrons. The van der Waals surface area contributed by atoms with Crippen molar-refractivity contribution in [3.05, 3.63) is 35.6 Å². The van der Waals surface area contributed by atoms with Crippen LogP contribution in [0.2, 0.25) is 0 Å². The number of amides is 1. The van der Waals surface area contributed by atoms with E-state index < -0.39 is 0 Å². The first-order valence-electron chi connectivity index (χ1n) is 4.61. The zero-order chi connectivity index (χ0) is 11.3. The molecule has 1 unspecified atom stereocenters. The van der Waals surface area contributed by atoms with Crippen LogP contribution in [0.3, 0.4) is 0 Å². The second-order valence-corrected chi connectivity index (χ2v) is 3.26. The Bertz CT molecular complexity index is 395. The number of benzene rings is 1. The van der Waals surface area contributed by atoms with Crippen LogP contribution in [0, 0.1) is 18.2 Å². The highest BCUT2D eigenvalue weighted by Crippen LogP contribution is 2.04. The molecule has 0 saturated carbocycles. The first-order valence-corrected chi connectivity index (χ1v) is 4.61. The van der Waals surface area contributed by atoms with Crippen LogP contribution in [0.25, 0.3) is 0 Å². The predicted molar refractivity (Wildman–Crippen MR) is 56.5 cm³/mol. The summed E-state index contributed by atoms with van der Waals surface area (Å²) in [6, 6.07) is 5.64. The number of terminal acetylenes is 1. The van der Waals surface area contributed by atoms with E-state index in [-0.39, 0.29) is 24.2 Å². The number of carbonyl (C=O) groups is 1. The van der Waals surface area contributed by atoms with E-state index in [4.69, 9.17) is 6.42 Å². The smallest absolute Gasteiger partial charge is 0.225 e. The van der Waals surface area contributed by atoms with E-state index in [9.17, 15) is 9.18 Å². The average Bonchev–Trinajstić information content (AvgIpc) is 2.17. The zero-order valence-electron chi connectivity index (χ0n) is 8.46. The van der Waals surface area contributed by atoms with Crippen LogP contribution in [-0.2, 0) is 11.2 Å². The summed E-state index contributed by atoms with van der Waals surface area (Å²) >= 11 is 0. The fourth-order valence-electron chi connectivity index (χ4n) is 1.17. The minimum atomic E-state index is -0.342. The first kappa shape index (κ1) is 11.3. The summed E-state index contributed by atoms with van der Waals surface area (Å²) in [5.74, 6) is 1.84. The molecular formula is C12H12FNO. The van der Waals surface area contributed by atoms with Crippen LogP contribution in [0.15, 0.2) is 24.3 Å². The van der Waals surface area contributed by atoms with Crippen LogP contribution >= 0.6 is 0 Å². The molecule has 1 rings (SSSR count). The molecule has 0 aromatic heterocycles. The van der Waals surface area contributed by atoms with Gasteiger partial charge in [0.1, 0.15) is 5.82 Å². The molecule has 0 heterocycles. The Hall–Kier alpha value is -1.82. The fourth-order valence-corrected chi connectivity index (χ4v) is 1.17. The molecular weight excluding hydrogens is 193 g/mol. The summed E-state index contributed by atoms with van der Waals surface area (Å²) in [4.78, 5) is 11.4. The molecule has 0 spiro atoms. The third kappa shape index (κ3) is 3.82. The quantitative estimate of drug-likeness (QED) is 0.744. The number of halogens is 1. The molecule has 1 amide bonds. The summed E-state index contributed by atoms with van der Waals surface area (Å²) in [7, 11) is 0. The zero-order valence-corrected chi connectivity index (χ0v) is 8.46. The molecule has 0 aliphatic heterocycles. The normalized spacial score (nSPS) is 11.5. The Kier molecular flexibility index (Phi) is 3.87. The Balaban J connectivity index is 2.56. The molecule has 15 heavy (non-hydrogen) atoms. The molecule has 0 aliphatic rings. The summed E-state index contributed by atoms with van der Waals surface area (Å²) in [5.41, 5.74) is 0.636. The predicted octanol–water partition coefficient (Wildman–Crippen LogP) is 1.51. The maximum Gasteiger partial charge on any atom is 0.225 e. The molecule has 1 N–H and O–H groups in total. The number of nitrogens with one attached hydrogen (secondary N) is 1. The third-order valence-corrected chi connectivity index (χ3v) is 1.88. The minimum Gasteiger partial charge on any atom is -0.342 e. The number of carbonyl (C=O) groups excluding carboxylic acids is 1. The standard InChI is InChI=1S/C12H12FNO/c1-3-9(2)14-12(15)8-10-5-4-6-11(13)7-10/h1,4-7,9H,8H2,2H3,(H,14,15). The van der Waals surface area contributed by atoms with Gasteiger partial charge in [0, 0.05) is 0 Å². The van der Waals surface area contributed by atoms with Crippen molar-refractivity contribution in [2.75, 3.05) is 0 Å². The van der Waals surface area contributed by atoms with Gasteiger partial charge in [0.25, 0.3) is 0 Å². The van der Waals surface area contributed by atoms with Crippen LogP contribution in [0.4, 0.5) is 4.39 Å². The number of hydrogen-bond donors (Lipinski definition) is 1. The molecule has 0 saturated heterocycles. The fraction of sp³-hybridized carbons (Fsp3) is 0.250. The van der Waals surface area contributed by atoms with E-state index in [1.807, 2.05) is 0 Å². The number of hydrogen-bond acceptors (Lipinski definition) is 1. The van der Waals surface area contributed by atoms with E-state index in [0.29, 0.717) is 5.56 Å². The van der Waals surface area contributed by atoms with Gasteiger partial charge in [-0.25, -0.2) is 4.39 Å².